The molecule has 0 aliphatic rings. The van der Waals surface area contributed by atoms with Crippen LogP contribution >= 0.6 is 43.2 Å². The minimum atomic E-state index is -0.239. The summed E-state index contributed by atoms with van der Waals surface area (Å²) >= 11 is 8.12. The summed E-state index contributed by atoms with van der Waals surface area (Å²) in [5.74, 6) is 5.92. The van der Waals surface area contributed by atoms with Crippen LogP contribution < -0.4 is 5.32 Å². The molecule has 4 nitrogen and oxygen atoms in total. The minimum Gasteiger partial charge on any atom is -0.395 e. The van der Waals surface area contributed by atoms with Crippen LogP contribution in [0.4, 0.5) is 5.82 Å². The van der Waals surface area contributed by atoms with E-state index in [0.717, 1.165) is 13.1 Å². The Balaban J connectivity index is 2.13. The molecule has 7 heteroatoms. The van der Waals surface area contributed by atoms with Crippen LogP contribution in [0.15, 0.2) is 32.0 Å². The number of anilines is 1. The summed E-state index contributed by atoms with van der Waals surface area (Å²) in [7, 11) is 0. The number of hydrogen-bond donors (Lipinski definition) is 2. The maximum Gasteiger partial charge on any atom is 0.258 e. The first-order valence-corrected chi connectivity index (χ1v) is 8.32. The number of aliphatic hydroxyl groups is 1. The number of nitrogens with zero attached hydrogens (tertiary/aromatic N) is 1. The average Bonchev–Trinajstić information content (AvgIpc) is 2.78. The first-order valence-electron chi connectivity index (χ1n) is 5.92. The summed E-state index contributed by atoms with van der Waals surface area (Å²) in [6.07, 6.45) is 2.00. The SMILES string of the molecule is O=C(Nc1cc(C#CCCO)ccn1)c1cc(Br)sc1Br. The molecular weight excluding hydrogens is 420 g/mol. The van der Waals surface area contributed by atoms with Crippen LogP contribution in [-0.2, 0) is 0 Å². The van der Waals surface area contributed by atoms with Crippen molar-refractivity contribution >= 4 is 54.9 Å². The lowest BCUT2D eigenvalue weighted by molar-refractivity contribution is 0.102. The minimum absolute atomic E-state index is 0.0305. The first-order chi connectivity index (χ1) is 10.1. The lowest BCUT2D eigenvalue weighted by Gasteiger charge is -2.03. The molecule has 0 radical (unpaired) electrons. The van der Waals surface area contributed by atoms with E-state index in [1.54, 1.807) is 24.4 Å². The fourth-order valence-electron chi connectivity index (χ4n) is 1.48. The van der Waals surface area contributed by atoms with Crippen molar-refractivity contribution < 1.29 is 9.90 Å². The van der Waals surface area contributed by atoms with E-state index < -0.39 is 0 Å². The summed E-state index contributed by atoms with van der Waals surface area (Å²) < 4.78 is 1.63. The Labute approximate surface area is 142 Å². The number of aromatic nitrogens is 1. The fraction of sp³-hybridized carbons (Fsp3) is 0.143. The van der Waals surface area contributed by atoms with Gasteiger partial charge < -0.3 is 10.4 Å². The largest absolute Gasteiger partial charge is 0.395 e. The first kappa shape index (κ1) is 16.2. The highest BCUT2D eigenvalue weighted by molar-refractivity contribution is 9.12. The van der Waals surface area contributed by atoms with Crippen LogP contribution in [0.2, 0.25) is 0 Å². The highest BCUT2D eigenvalue weighted by atomic mass is 79.9. The van der Waals surface area contributed by atoms with Gasteiger partial charge in [0.1, 0.15) is 5.82 Å². The van der Waals surface area contributed by atoms with Gasteiger partial charge in [0.2, 0.25) is 0 Å². The number of carbonyl (C=O) groups excluding carboxylic acids is 1. The molecular formula is C14H10Br2N2O2S. The third-order valence-electron chi connectivity index (χ3n) is 2.37. The van der Waals surface area contributed by atoms with Crippen LogP contribution in [0.1, 0.15) is 22.3 Å². The lowest BCUT2D eigenvalue weighted by Crippen LogP contribution is -2.12. The van der Waals surface area contributed by atoms with Crippen molar-refractivity contribution in [1.29, 1.82) is 0 Å². The van der Waals surface area contributed by atoms with Gasteiger partial charge in [-0.3, -0.25) is 4.79 Å². The van der Waals surface area contributed by atoms with E-state index in [4.69, 9.17) is 5.11 Å². The Morgan fingerprint density at radius 1 is 1.43 bits per heavy atom. The molecule has 2 aromatic rings. The molecule has 21 heavy (non-hydrogen) atoms. The standard InChI is InChI=1S/C14H10Br2N2O2S/c15-11-8-10(13(16)21-11)14(20)18-12-7-9(4-5-17-12)3-1-2-6-19/h4-5,7-8,19H,2,6H2,(H,17,18,20). The van der Waals surface area contributed by atoms with Gasteiger partial charge in [0.05, 0.1) is 19.7 Å². The van der Waals surface area contributed by atoms with E-state index in [9.17, 15) is 4.79 Å². The number of carbonyl (C=O) groups is 1. The molecule has 2 heterocycles. The number of pyridine rings is 1. The van der Waals surface area contributed by atoms with Gasteiger partial charge in [-0.25, -0.2) is 4.98 Å². The molecule has 0 spiro atoms. The van der Waals surface area contributed by atoms with Gasteiger partial charge in [-0.05, 0) is 50.1 Å². The van der Waals surface area contributed by atoms with E-state index in [0.29, 0.717) is 17.8 Å². The van der Waals surface area contributed by atoms with Crippen molar-refractivity contribution in [1.82, 2.24) is 4.98 Å². The van der Waals surface area contributed by atoms with Gasteiger partial charge in [0, 0.05) is 18.2 Å². The Hall–Kier alpha value is -1.20. The molecule has 108 valence electrons. The third kappa shape index (κ3) is 4.64. The topological polar surface area (TPSA) is 62.2 Å². The number of hydrogen-bond acceptors (Lipinski definition) is 4. The summed E-state index contributed by atoms with van der Waals surface area (Å²) in [6, 6.07) is 5.18. The van der Waals surface area contributed by atoms with Crippen molar-refractivity contribution in [3.8, 4) is 11.8 Å². The van der Waals surface area contributed by atoms with Crippen molar-refractivity contribution in [3.63, 3.8) is 0 Å². The van der Waals surface area contributed by atoms with Crippen molar-refractivity contribution in [2.75, 3.05) is 11.9 Å². The molecule has 0 atom stereocenters. The summed E-state index contributed by atoms with van der Waals surface area (Å²) in [5, 5.41) is 11.4. The van der Waals surface area contributed by atoms with Gasteiger partial charge >= 0.3 is 0 Å². The van der Waals surface area contributed by atoms with Crippen LogP contribution in [0.5, 0.6) is 0 Å². The van der Waals surface area contributed by atoms with Gasteiger partial charge in [-0.15, -0.1) is 11.3 Å². The van der Waals surface area contributed by atoms with Crippen molar-refractivity contribution in [2.24, 2.45) is 0 Å². The van der Waals surface area contributed by atoms with Crippen molar-refractivity contribution in [2.45, 2.75) is 6.42 Å². The highest BCUT2D eigenvalue weighted by Gasteiger charge is 2.14. The molecule has 0 saturated heterocycles. The molecule has 2 rings (SSSR count). The van der Waals surface area contributed by atoms with Crippen LogP contribution in [0, 0.1) is 11.8 Å². The Morgan fingerprint density at radius 3 is 2.90 bits per heavy atom. The third-order valence-corrected chi connectivity index (χ3v) is 4.71. The molecule has 0 saturated carbocycles. The van der Waals surface area contributed by atoms with Crippen LogP contribution in [-0.4, -0.2) is 22.6 Å². The number of thiophene rings is 1. The van der Waals surface area contributed by atoms with E-state index in [2.05, 4.69) is 54.0 Å². The maximum absolute atomic E-state index is 12.2. The summed E-state index contributed by atoms with van der Waals surface area (Å²) in [5.41, 5.74) is 1.28. The highest BCUT2D eigenvalue weighted by Crippen LogP contribution is 2.32. The Kier molecular flexibility index (Phi) is 5.94. The zero-order valence-corrected chi connectivity index (χ0v) is 14.7. The Morgan fingerprint density at radius 2 is 2.24 bits per heavy atom. The monoisotopic (exact) mass is 428 g/mol. The van der Waals surface area contributed by atoms with Gasteiger partial charge in [0.15, 0.2) is 0 Å². The maximum atomic E-state index is 12.2. The molecule has 0 bridgehead atoms. The number of halogens is 2. The lowest BCUT2D eigenvalue weighted by atomic mass is 10.2. The smallest absolute Gasteiger partial charge is 0.258 e. The number of nitrogens with one attached hydrogen (secondary N) is 1. The average molecular weight is 430 g/mol. The fourth-order valence-corrected chi connectivity index (χ4v) is 4.27. The Bertz CT molecular complexity index is 719. The zero-order valence-electron chi connectivity index (χ0n) is 10.7. The molecule has 0 aliphatic carbocycles. The van der Waals surface area contributed by atoms with Gasteiger partial charge in [-0.1, -0.05) is 11.8 Å². The second-order valence-corrected chi connectivity index (χ2v) is 7.65. The van der Waals surface area contributed by atoms with E-state index in [1.807, 2.05) is 0 Å². The van der Waals surface area contributed by atoms with E-state index in [-0.39, 0.29) is 12.5 Å². The predicted octanol–water partition coefficient (Wildman–Crippen LogP) is 3.65. The second-order valence-electron chi connectivity index (χ2n) is 3.90. The van der Waals surface area contributed by atoms with Crippen molar-refractivity contribution in [3.05, 3.63) is 43.1 Å². The second kappa shape index (κ2) is 7.71. The molecule has 2 N–H and O–H groups in total. The van der Waals surface area contributed by atoms with Crippen LogP contribution in [0.25, 0.3) is 0 Å². The molecule has 2 aromatic heterocycles. The number of rotatable bonds is 3. The molecule has 1 amide bonds. The predicted molar refractivity (Wildman–Crippen MR) is 90.5 cm³/mol. The van der Waals surface area contributed by atoms with Crippen LogP contribution in [0.3, 0.4) is 0 Å². The molecule has 0 fully saturated rings. The van der Waals surface area contributed by atoms with E-state index >= 15 is 0 Å². The number of aliphatic hydroxyl groups excluding tert-OH is 1. The number of amides is 1. The molecule has 0 unspecified atom stereocenters. The van der Waals surface area contributed by atoms with Gasteiger partial charge in [-0.2, -0.15) is 0 Å². The quantitative estimate of drug-likeness (QED) is 0.732. The molecule has 0 aromatic carbocycles. The summed E-state index contributed by atoms with van der Waals surface area (Å²) in [6.45, 7) is 0.0305. The molecule has 0 aliphatic heterocycles. The van der Waals surface area contributed by atoms with E-state index in [1.165, 1.54) is 11.3 Å². The van der Waals surface area contributed by atoms with Gasteiger partial charge in [0.25, 0.3) is 5.91 Å². The zero-order chi connectivity index (χ0) is 15.2. The summed E-state index contributed by atoms with van der Waals surface area (Å²) in [4.78, 5) is 16.3. The normalized spacial score (nSPS) is 9.86.